The summed E-state index contributed by atoms with van der Waals surface area (Å²) in [6.45, 7) is 0. The summed E-state index contributed by atoms with van der Waals surface area (Å²) in [5, 5.41) is 16.3. The average molecular weight is 447 g/mol. The normalized spacial score (nSPS) is 10.5. The average Bonchev–Trinajstić information content (AvgIpc) is 2.84. The van der Waals surface area contributed by atoms with Gasteiger partial charge >= 0.3 is 0 Å². The molecule has 3 aromatic carbocycles. The highest BCUT2D eigenvalue weighted by atomic mass is 16.6. The summed E-state index contributed by atoms with van der Waals surface area (Å²) in [6.07, 6.45) is 2.70. The molecule has 0 aliphatic carbocycles. The van der Waals surface area contributed by atoms with Crippen molar-refractivity contribution >= 4 is 35.0 Å². The summed E-state index contributed by atoms with van der Waals surface area (Å²) >= 11 is 0. The number of non-ortho nitro benzene ring substituents is 1. The molecule has 9 nitrogen and oxygen atoms in total. The Morgan fingerprint density at radius 1 is 0.879 bits per heavy atom. The first-order valence-corrected chi connectivity index (χ1v) is 9.77. The molecule has 0 aliphatic heterocycles. The molecule has 0 saturated heterocycles. The summed E-state index contributed by atoms with van der Waals surface area (Å²) in [7, 11) is 2.87. The van der Waals surface area contributed by atoms with Gasteiger partial charge in [-0.2, -0.15) is 0 Å². The monoisotopic (exact) mass is 447 g/mol. The van der Waals surface area contributed by atoms with Gasteiger partial charge in [0, 0.05) is 35.9 Å². The molecule has 0 atom stereocenters. The van der Waals surface area contributed by atoms with Crippen molar-refractivity contribution in [3.8, 4) is 11.5 Å². The highest BCUT2D eigenvalue weighted by molar-refractivity contribution is 6.06. The Morgan fingerprint density at radius 2 is 1.52 bits per heavy atom. The van der Waals surface area contributed by atoms with Crippen LogP contribution in [0.4, 0.5) is 17.1 Å². The predicted molar refractivity (Wildman–Crippen MR) is 125 cm³/mol. The maximum atomic E-state index is 12.5. The van der Waals surface area contributed by atoms with Crippen molar-refractivity contribution in [1.82, 2.24) is 0 Å². The van der Waals surface area contributed by atoms with Crippen molar-refractivity contribution in [2.45, 2.75) is 0 Å². The number of hydrogen-bond donors (Lipinski definition) is 2. The van der Waals surface area contributed by atoms with E-state index in [4.69, 9.17) is 9.47 Å². The first-order chi connectivity index (χ1) is 15.9. The Kier molecular flexibility index (Phi) is 7.38. The van der Waals surface area contributed by atoms with E-state index in [2.05, 4.69) is 10.6 Å². The first kappa shape index (κ1) is 23.0. The molecule has 2 amide bonds. The molecule has 0 aromatic heterocycles. The minimum absolute atomic E-state index is 0.0721. The minimum Gasteiger partial charge on any atom is -0.494 e. The Balaban J connectivity index is 1.78. The van der Waals surface area contributed by atoms with E-state index in [-0.39, 0.29) is 11.6 Å². The van der Waals surface area contributed by atoms with E-state index in [0.717, 1.165) is 0 Å². The summed E-state index contributed by atoms with van der Waals surface area (Å²) in [5.41, 5.74) is 1.59. The number of carbonyl (C=O) groups excluding carboxylic acids is 2. The van der Waals surface area contributed by atoms with Crippen LogP contribution in [0.3, 0.4) is 0 Å². The molecular formula is C24H21N3O6. The van der Waals surface area contributed by atoms with Crippen molar-refractivity contribution in [2.75, 3.05) is 24.9 Å². The Morgan fingerprint density at radius 3 is 2.12 bits per heavy atom. The number of anilines is 2. The number of rotatable bonds is 8. The predicted octanol–water partition coefficient (Wildman–Crippen LogP) is 4.52. The zero-order valence-electron chi connectivity index (χ0n) is 17.9. The van der Waals surface area contributed by atoms with Crippen molar-refractivity contribution < 1.29 is 24.0 Å². The van der Waals surface area contributed by atoms with Gasteiger partial charge in [-0.3, -0.25) is 19.7 Å². The van der Waals surface area contributed by atoms with Crippen molar-refractivity contribution in [3.05, 3.63) is 94.0 Å². The lowest BCUT2D eigenvalue weighted by molar-refractivity contribution is -0.384. The van der Waals surface area contributed by atoms with E-state index in [1.807, 2.05) is 6.07 Å². The van der Waals surface area contributed by atoms with Crippen LogP contribution >= 0.6 is 0 Å². The van der Waals surface area contributed by atoms with Crippen molar-refractivity contribution in [3.63, 3.8) is 0 Å². The van der Waals surface area contributed by atoms with Gasteiger partial charge in [-0.25, -0.2) is 0 Å². The number of nitro groups is 1. The van der Waals surface area contributed by atoms with Gasteiger partial charge in [0.25, 0.3) is 11.6 Å². The number of nitrogens with one attached hydrogen (secondary N) is 2. The van der Waals surface area contributed by atoms with Crippen LogP contribution in [0.1, 0.15) is 15.9 Å². The molecule has 3 rings (SSSR count). The molecule has 168 valence electrons. The molecule has 33 heavy (non-hydrogen) atoms. The van der Waals surface area contributed by atoms with Crippen LogP contribution < -0.4 is 20.1 Å². The topological polar surface area (TPSA) is 120 Å². The van der Waals surface area contributed by atoms with Gasteiger partial charge in [0.15, 0.2) is 0 Å². The van der Waals surface area contributed by atoms with E-state index in [1.54, 1.807) is 36.4 Å². The van der Waals surface area contributed by atoms with Gasteiger partial charge in [-0.15, -0.1) is 0 Å². The third-order valence-electron chi connectivity index (χ3n) is 4.57. The smallest absolute Gasteiger partial charge is 0.270 e. The van der Waals surface area contributed by atoms with Crippen molar-refractivity contribution in [1.29, 1.82) is 0 Å². The van der Waals surface area contributed by atoms with Crippen LogP contribution in [0.2, 0.25) is 0 Å². The number of benzene rings is 3. The minimum atomic E-state index is -0.507. The van der Waals surface area contributed by atoms with Crippen LogP contribution in [0, 0.1) is 10.1 Å². The van der Waals surface area contributed by atoms with Crippen LogP contribution in [0.5, 0.6) is 11.5 Å². The van der Waals surface area contributed by atoms with Crippen LogP contribution in [0.25, 0.3) is 6.08 Å². The summed E-state index contributed by atoms with van der Waals surface area (Å²) in [5.74, 6) is -0.190. The van der Waals surface area contributed by atoms with Gasteiger partial charge < -0.3 is 20.1 Å². The summed E-state index contributed by atoms with van der Waals surface area (Å²) < 4.78 is 10.7. The third kappa shape index (κ3) is 5.95. The van der Waals surface area contributed by atoms with E-state index in [0.29, 0.717) is 34.0 Å². The fourth-order valence-electron chi connectivity index (χ4n) is 2.97. The first-order valence-electron chi connectivity index (χ1n) is 9.77. The number of methoxy groups -OCH3 is 2. The van der Waals surface area contributed by atoms with E-state index in [9.17, 15) is 19.7 Å². The molecule has 0 aliphatic rings. The molecule has 0 radical (unpaired) electrons. The number of hydrogen-bond acceptors (Lipinski definition) is 6. The number of carbonyl (C=O) groups is 2. The summed E-state index contributed by atoms with van der Waals surface area (Å²) in [4.78, 5) is 35.3. The molecule has 0 fully saturated rings. The lowest BCUT2D eigenvalue weighted by Crippen LogP contribution is -2.14. The SMILES string of the molecule is COc1cc(NC(=O)c2ccccc2)c(OC)cc1NC(=O)C=Cc1cccc([N+](=O)[O-])c1. The van der Waals surface area contributed by atoms with Gasteiger partial charge in [0.1, 0.15) is 11.5 Å². The quantitative estimate of drug-likeness (QED) is 0.298. The molecule has 0 spiro atoms. The van der Waals surface area contributed by atoms with Crippen LogP contribution in [-0.2, 0) is 4.79 Å². The second kappa shape index (κ2) is 10.6. The fourth-order valence-corrected chi connectivity index (χ4v) is 2.97. The molecule has 0 saturated carbocycles. The lowest BCUT2D eigenvalue weighted by atomic mass is 10.1. The van der Waals surface area contributed by atoms with Gasteiger partial charge in [-0.05, 0) is 23.8 Å². The van der Waals surface area contributed by atoms with E-state index >= 15 is 0 Å². The van der Waals surface area contributed by atoms with Gasteiger partial charge in [0.05, 0.1) is 30.5 Å². The number of nitro benzene ring substituents is 1. The molecule has 0 heterocycles. The molecule has 9 heteroatoms. The highest BCUT2D eigenvalue weighted by Gasteiger charge is 2.15. The standard InChI is InChI=1S/C24H21N3O6/c1-32-21-15-20(26-24(29)17-8-4-3-5-9-17)22(33-2)14-19(21)25-23(28)12-11-16-7-6-10-18(13-16)27(30)31/h3-15H,1-2H3,(H,25,28)(H,26,29). The maximum Gasteiger partial charge on any atom is 0.270 e. The second-order valence-electron chi connectivity index (χ2n) is 6.75. The molecule has 0 unspecified atom stereocenters. The zero-order chi connectivity index (χ0) is 23.8. The fraction of sp³-hybridized carbons (Fsp3) is 0.0833. The zero-order valence-corrected chi connectivity index (χ0v) is 17.9. The van der Waals surface area contributed by atoms with Gasteiger partial charge in [0.2, 0.25) is 5.91 Å². The van der Waals surface area contributed by atoms with Crippen LogP contribution in [0.15, 0.2) is 72.8 Å². The summed E-state index contributed by atoms with van der Waals surface area (Å²) in [6, 6.07) is 17.7. The second-order valence-corrected chi connectivity index (χ2v) is 6.75. The largest absolute Gasteiger partial charge is 0.494 e. The molecule has 0 bridgehead atoms. The highest BCUT2D eigenvalue weighted by Crippen LogP contribution is 2.36. The Hall–Kier alpha value is -4.66. The van der Waals surface area contributed by atoms with E-state index < -0.39 is 10.8 Å². The van der Waals surface area contributed by atoms with E-state index in [1.165, 1.54) is 50.6 Å². The third-order valence-corrected chi connectivity index (χ3v) is 4.57. The van der Waals surface area contributed by atoms with Crippen molar-refractivity contribution in [2.24, 2.45) is 0 Å². The Bertz CT molecular complexity index is 1210. The molecular weight excluding hydrogens is 426 g/mol. The number of amides is 2. The maximum absolute atomic E-state index is 12.5. The number of ether oxygens (including phenoxy) is 2. The molecule has 3 aromatic rings. The van der Waals surface area contributed by atoms with Crippen LogP contribution in [-0.4, -0.2) is 31.0 Å². The lowest BCUT2D eigenvalue weighted by Gasteiger charge is -2.16. The Labute approximate surface area is 189 Å². The van der Waals surface area contributed by atoms with Gasteiger partial charge in [-0.1, -0.05) is 30.3 Å². The number of nitrogens with zero attached hydrogens (tertiary/aromatic N) is 1. The molecule has 2 N–H and O–H groups in total.